The standard InChI is InChI=1S/C24H26N4O3S.2ClH/c25-23(26)16-5-8-21-17(12-16)13-19(32-21)14-20(24(29)30)15-3-6-18(7-4-15)31-11-10-28-22-2-1-9-27-22;;/h3-8,12-13,20H,1-2,9-11,14H2,(H3,25,26)(H,27,28)(H,29,30);2*1H. The predicted octanol–water partition coefficient (Wildman–Crippen LogP) is 4.60. The number of nitrogen functional groups attached to an aromatic ring is 1. The highest BCUT2D eigenvalue weighted by molar-refractivity contribution is 7.19. The fourth-order valence-electron chi connectivity index (χ4n) is 3.76. The number of hydrogen-bond acceptors (Lipinski definition) is 6. The zero-order chi connectivity index (χ0) is 22.5. The maximum absolute atomic E-state index is 12.0. The molecule has 1 aliphatic rings. The van der Waals surface area contributed by atoms with Gasteiger partial charge in [0.05, 0.1) is 18.3 Å². The molecule has 10 heteroatoms. The zero-order valence-corrected chi connectivity index (χ0v) is 20.9. The number of carbonyl (C=O) groups is 1. The van der Waals surface area contributed by atoms with Gasteiger partial charge < -0.3 is 20.9 Å². The number of ether oxygens (including phenoxy) is 1. The minimum absolute atomic E-state index is 0. The van der Waals surface area contributed by atoms with E-state index in [1.165, 1.54) is 0 Å². The third kappa shape index (κ3) is 6.85. The first kappa shape index (κ1) is 27.4. The third-order valence-electron chi connectivity index (χ3n) is 5.44. The van der Waals surface area contributed by atoms with Crippen LogP contribution in [-0.4, -0.2) is 42.4 Å². The van der Waals surface area contributed by atoms with Gasteiger partial charge in [0.25, 0.3) is 0 Å². The number of halogens is 2. The monoisotopic (exact) mass is 522 g/mol. The largest absolute Gasteiger partial charge is 0.492 e. The zero-order valence-electron chi connectivity index (χ0n) is 18.5. The Hall–Kier alpha value is -2.81. The Kier molecular flexibility index (Phi) is 10.2. The van der Waals surface area contributed by atoms with Gasteiger partial charge in [0.1, 0.15) is 18.2 Å². The quantitative estimate of drug-likeness (QED) is 0.186. The van der Waals surface area contributed by atoms with E-state index >= 15 is 0 Å². The van der Waals surface area contributed by atoms with Crippen molar-refractivity contribution in [3.63, 3.8) is 0 Å². The number of carboxylic acids is 1. The molecule has 3 aromatic rings. The Morgan fingerprint density at radius 1 is 1.21 bits per heavy atom. The second kappa shape index (κ2) is 12.6. The van der Waals surface area contributed by atoms with Gasteiger partial charge in [-0.1, -0.05) is 12.1 Å². The number of nitrogens with one attached hydrogen (secondary N) is 2. The summed E-state index contributed by atoms with van der Waals surface area (Å²) in [6.45, 7) is 2.11. The Bertz CT molecular complexity index is 1160. The van der Waals surface area contributed by atoms with Crippen LogP contribution < -0.4 is 15.8 Å². The number of thiophene rings is 1. The van der Waals surface area contributed by atoms with Crippen LogP contribution in [0.2, 0.25) is 0 Å². The number of fused-ring (bicyclic) bond motifs is 1. The van der Waals surface area contributed by atoms with Crippen molar-refractivity contribution in [1.82, 2.24) is 5.32 Å². The van der Waals surface area contributed by atoms with Crippen molar-refractivity contribution in [1.29, 1.82) is 5.41 Å². The number of nitrogens with zero attached hydrogens (tertiary/aromatic N) is 1. The average Bonchev–Trinajstić information content (AvgIpc) is 3.44. The van der Waals surface area contributed by atoms with E-state index in [-0.39, 0.29) is 30.6 Å². The van der Waals surface area contributed by atoms with E-state index in [0.29, 0.717) is 30.9 Å². The van der Waals surface area contributed by atoms with Gasteiger partial charge in [0.2, 0.25) is 0 Å². The second-order valence-corrected chi connectivity index (χ2v) is 8.92. The second-order valence-electron chi connectivity index (χ2n) is 7.75. The molecule has 1 unspecified atom stereocenters. The van der Waals surface area contributed by atoms with E-state index in [2.05, 4.69) is 10.3 Å². The molecule has 5 N–H and O–H groups in total. The van der Waals surface area contributed by atoms with Gasteiger partial charge in [-0.3, -0.25) is 15.2 Å². The van der Waals surface area contributed by atoms with Crippen molar-refractivity contribution in [3.8, 4) is 5.75 Å². The van der Waals surface area contributed by atoms with Crippen LogP contribution in [0.5, 0.6) is 5.75 Å². The first-order valence-corrected chi connectivity index (χ1v) is 11.4. The van der Waals surface area contributed by atoms with Gasteiger partial charge in [0.15, 0.2) is 0 Å². The van der Waals surface area contributed by atoms with Crippen molar-refractivity contribution in [2.75, 3.05) is 19.7 Å². The number of carboxylic acid groups (broad SMARTS) is 1. The summed E-state index contributed by atoms with van der Waals surface area (Å²) in [6, 6.07) is 14.9. The van der Waals surface area contributed by atoms with Gasteiger partial charge >= 0.3 is 5.97 Å². The number of aliphatic carboxylic acids is 1. The van der Waals surface area contributed by atoms with Crippen molar-refractivity contribution in [2.24, 2.45) is 10.7 Å². The molecular formula is C24H28Cl2N4O3S. The van der Waals surface area contributed by atoms with Gasteiger partial charge in [-0.15, -0.1) is 36.2 Å². The minimum Gasteiger partial charge on any atom is -0.492 e. The molecule has 0 fully saturated rings. The molecule has 1 aromatic heterocycles. The lowest BCUT2D eigenvalue weighted by atomic mass is 9.95. The lowest BCUT2D eigenvalue weighted by molar-refractivity contribution is -0.138. The van der Waals surface area contributed by atoms with E-state index in [1.54, 1.807) is 11.3 Å². The summed E-state index contributed by atoms with van der Waals surface area (Å²) in [4.78, 5) is 17.3. The van der Waals surface area contributed by atoms with Crippen LogP contribution in [0.25, 0.3) is 10.1 Å². The number of aliphatic imine (C=N–C) groups is 1. The molecule has 0 radical (unpaired) electrons. The number of hydrogen-bond donors (Lipinski definition) is 4. The fraction of sp³-hybridized carbons (Fsp3) is 0.292. The molecule has 0 aliphatic carbocycles. The molecular weight excluding hydrogens is 495 g/mol. The topological polar surface area (TPSA) is 121 Å². The summed E-state index contributed by atoms with van der Waals surface area (Å²) in [5.41, 5.74) is 6.98. The van der Waals surface area contributed by atoms with Crippen molar-refractivity contribution < 1.29 is 14.6 Å². The molecule has 2 aromatic carbocycles. The molecule has 1 aliphatic heterocycles. The molecule has 0 amide bonds. The highest BCUT2D eigenvalue weighted by Gasteiger charge is 2.21. The van der Waals surface area contributed by atoms with Crippen molar-refractivity contribution in [3.05, 3.63) is 64.5 Å². The molecule has 34 heavy (non-hydrogen) atoms. The van der Waals surface area contributed by atoms with E-state index in [4.69, 9.17) is 15.9 Å². The van der Waals surface area contributed by atoms with Crippen LogP contribution >= 0.6 is 36.2 Å². The van der Waals surface area contributed by atoms with Crippen LogP contribution in [0, 0.1) is 5.41 Å². The predicted molar refractivity (Wildman–Crippen MR) is 143 cm³/mol. The maximum Gasteiger partial charge on any atom is 0.311 e. The van der Waals surface area contributed by atoms with Crippen LogP contribution in [0.15, 0.2) is 53.5 Å². The third-order valence-corrected chi connectivity index (χ3v) is 6.58. The summed E-state index contributed by atoms with van der Waals surface area (Å²) < 4.78 is 6.81. The highest BCUT2D eigenvalue weighted by atomic mass is 35.5. The lowest BCUT2D eigenvalue weighted by Gasteiger charge is -2.13. The Balaban J connectivity index is 0.00000204. The normalized spacial score (nSPS) is 13.4. The number of benzene rings is 2. The molecule has 0 bridgehead atoms. The van der Waals surface area contributed by atoms with Crippen LogP contribution in [0.3, 0.4) is 0 Å². The molecule has 182 valence electrons. The lowest BCUT2D eigenvalue weighted by Crippen LogP contribution is -2.26. The molecule has 4 rings (SSSR count). The molecule has 0 saturated carbocycles. The Morgan fingerprint density at radius 2 is 1.97 bits per heavy atom. The van der Waals surface area contributed by atoms with Crippen molar-refractivity contribution >= 4 is 63.9 Å². The smallest absolute Gasteiger partial charge is 0.311 e. The van der Waals surface area contributed by atoms with E-state index in [9.17, 15) is 9.90 Å². The molecule has 0 spiro atoms. The number of nitrogens with two attached hydrogens (primary N) is 1. The SMILES string of the molecule is Cl.Cl.N=C(N)c1ccc2sc(CC(C(=O)O)c3ccc(OCCNC4=NCCC4)cc3)cc2c1. The number of rotatable bonds is 9. The van der Waals surface area contributed by atoms with Gasteiger partial charge in [-0.2, -0.15) is 0 Å². The van der Waals surface area contributed by atoms with E-state index in [0.717, 1.165) is 45.7 Å². The van der Waals surface area contributed by atoms with Gasteiger partial charge in [0, 0.05) is 28.1 Å². The minimum atomic E-state index is -0.859. The van der Waals surface area contributed by atoms with Gasteiger partial charge in [-0.05, 0) is 60.2 Å². The Morgan fingerprint density at radius 3 is 2.62 bits per heavy atom. The molecule has 7 nitrogen and oxygen atoms in total. The molecule has 1 atom stereocenters. The molecule has 2 heterocycles. The van der Waals surface area contributed by atoms with E-state index < -0.39 is 11.9 Å². The average molecular weight is 523 g/mol. The van der Waals surface area contributed by atoms with Crippen LogP contribution in [0.4, 0.5) is 0 Å². The van der Waals surface area contributed by atoms with Crippen LogP contribution in [-0.2, 0) is 11.2 Å². The number of amidine groups is 2. The van der Waals surface area contributed by atoms with Crippen molar-refractivity contribution in [2.45, 2.75) is 25.2 Å². The first-order valence-electron chi connectivity index (χ1n) is 10.6. The fourth-order valence-corrected chi connectivity index (χ4v) is 4.85. The van der Waals surface area contributed by atoms with E-state index in [1.807, 2.05) is 48.5 Å². The summed E-state index contributed by atoms with van der Waals surface area (Å²) >= 11 is 1.57. The Labute approximate surface area is 214 Å². The summed E-state index contributed by atoms with van der Waals surface area (Å²) in [6.07, 6.45) is 2.51. The summed E-state index contributed by atoms with van der Waals surface area (Å²) in [5.74, 6) is 0.278. The van der Waals surface area contributed by atoms with Crippen LogP contribution in [0.1, 0.15) is 34.8 Å². The first-order chi connectivity index (χ1) is 15.5. The molecule has 0 saturated heterocycles. The van der Waals surface area contributed by atoms with Gasteiger partial charge in [-0.25, -0.2) is 0 Å². The summed E-state index contributed by atoms with van der Waals surface area (Å²) in [5, 5.41) is 21.7. The summed E-state index contributed by atoms with van der Waals surface area (Å²) in [7, 11) is 0. The maximum atomic E-state index is 12.0. The highest BCUT2D eigenvalue weighted by Crippen LogP contribution is 2.31.